The van der Waals surface area contributed by atoms with E-state index in [1.807, 2.05) is 30.3 Å². The third-order valence-electron chi connectivity index (χ3n) is 4.28. The van der Waals surface area contributed by atoms with Gasteiger partial charge in [0.1, 0.15) is 23.3 Å². The fourth-order valence-corrected chi connectivity index (χ4v) is 4.36. The minimum Gasteiger partial charge on any atom is -0.491 e. The number of hydrogen-bond donors (Lipinski definition) is 1. The average molecular weight is 342 g/mol. The molecule has 1 N–H and O–H groups in total. The van der Waals surface area contributed by atoms with Crippen molar-refractivity contribution in [2.24, 2.45) is 0 Å². The summed E-state index contributed by atoms with van der Waals surface area (Å²) < 4.78 is 7.04. The molecule has 0 fully saturated rings. The Morgan fingerprint density at radius 1 is 1.29 bits per heavy atom. The number of ether oxygens (including phenoxy) is 1. The van der Waals surface area contributed by atoms with E-state index < -0.39 is 6.10 Å². The molecule has 0 unspecified atom stereocenters. The number of rotatable bonds is 5. The zero-order chi connectivity index (χ0) is 16.5. The van der Waals surface area contributed by atoms with Crippen LogP contribution in [-0.4, -0.2) is 27.4 Å². The molecule has 2 aromatic heterocycles. The van der Waals surface area contributed by atoms with Gasteiger partial charge in [-0.1, -0.05) is 18.2 Å². The summed E-state index contributed by atoms with van der Waals surface area (Å²) in [5, 5.41) is 10.9. The van der Waals surface area contributed by atoms with Gasteiger partial charge in [-0.3, -0.25) is 9.36 Å². The van der Waals surface area contributed by atoms with Crippen LogP contribution in [-0.2, 0) is 19.4 Å². The monoisotopic (exact) mass is 342 g/mol. The molecule has 0 bridgehead atoms. The molecule has 1 aliphatic rings. The maximum Gasteiger partial charge on any atom is 0.262 e. The van der Waals surface area contributed by atoms with Gasteiger partial charge in [0.2, 0.25) is 0 Å². The summed E-state index contributed by atoms with van der Waals surface area (Å²) in [6, 6.07) is 9.33. The highest BCUT2D eigenvalue weighted by Gasteiger charge is 2.21. The molecule has 1 atom stereocenters. The van der Waals surface area contributed by atoms with Crippen LogP contribution in [0.15, 0.2) is 41.5 Å². The lowest BCUT2D eigenvalue weighted by Gasteiger charge is -2.13. The van der Waals surface area contributed by atoms with E-state index in [9.17, 15) is 9.90 Å². The number of thiophene rings is 1. The lowest BCUT2D eigenvalue weighted by molar-refractivity contribution is 0.0915. The summed E-state index contributed by atoms with van der Waals surface area (Å²) in [7, 11) is 0. The molecule has 2 heterocycles. The topological polar surface area (TPSA) is 64.4 Å². The van der Waals surface area contributed by atoms with Crippen molar-refractivity contribution in [3.63, 3.8) is 0 Å². The zero-order valence-corrected chi connectivity index (χ0v) is 14.0. The van der Waals surface area contributed by atoms with Crippen LogP contribution >= 0.6 is 11.3 Å². The van der Waals surface area contributed by atoms with E-state index in [4.69, 9.17) is 4.74 Å². The Hall–Kier alpha value is -2.18. The van der Waals surface area contributed by atoms with Crippen molar-refractivity contribution in [2.75, 3.05) is 6.61 Å². The molecule has 1 aliphatic carbocycles. The van der Waals surface area contributed by atoms with Crippen LogP contribution in [0.4, 0.5) is 0 Å². The number of aryl methyl sites for hydroxylation is 2. The predicted molar refractivity (Wildman–Crippen MR) is 93.8 cm³/mol. The molecule has 3 aromatic rings. The SMILES string of the molecule is O=c1c2c3c(sc2ncn1C[C@H](O)COc1ccccc1)CCC3. The first-order chi connectivity index (χ1) is 11.7. The van der Waals surface area contributed by atoms with Gasteiger partial charge in [-0.05, 0) is 37.0 Å². The number of benzene rings is 1. The summed E-state index contributed by atoms with van der Waals surface area (Å²) in [4.78, 5) is 19.3. The quantitative estimate of drug-likeness (QED) is 0.773. The van der Waals surface area contributed by atoms with E-state index in [0.717, 1.165) is 35.0 Å². The van der Waals surface area contributed by atoms with Gasteiger partial charge in [-0.25, -0.2) is 4.98 Å². The van der Waals surface area contributed by atoms with Crippen molar-refractivity contribution in [2.45, 2.75) is 31.9 Å². The first kappa shape index (κ1) is 15.4. The van der Waals surface area contributed by atoms with Gasteiger partial charge >= 0.3 is 0 Å². The fourth-order valence-electron chi connectivity index (χ4n) is 3.14. The molecule has 4 rings (SSSR count). The molecule has 0 amide bonds. The largest absolute Gasteiger partial charge is 0.491 e. The van der Waals surface area contributed by atoms with Gasteiger partial charge < -0.3 is 9.84 Å². The van der Waals surface area contributed by atoms with E-state index in [0.29, 0.717) is 5.75 Å². The van der Waals surface area contributed by atoms with Gasteiger partial charge in [0.25, 0.3) is 5.56 Å². The van der Waals surface area contributed by atoms with E-state index in [1.54, 1.807) is 11.3 Å². The van der Waals surface area contributed by atoms with E-state index in [2.05, 4.69) is 4.98 Å². The third kappa shape index (κ3) is 2.83. The van der Waals surface area contributed by atoms with Crippen molar-refractivity contribution in [3.8, 4) is 5.75 Å². The molecule has 0 saturated heterocycles. The smallest absolute Gasteiger partial charge is 0.262 e. The van der Waals surface area contributed by atoms with Crippen molar-refractivity contribution in [1.82, 2.24) is 9.55 Å². The zero-order valence-electron chi connectivity index (χ0n) is 13.1. The van der Waals surface area contributed by atoms with Crippen LogP contribution in [0.3, 0.4) is 0 Å². The van der Waals surface area contributed by atoms with Crippen molar-refractivity contribution < 1.29 is 9.84 Å². The number of aromatic nitrogens is 2. The summed E-state index contributed by atoms with van der Waals surface area (Å²) >= 11 is 1.62. The number of nitrogens with zero attached hydrogens (tertiary/aromatic N) is 2. The Bertz CT molecular complexity index is 917. The molecule has 0 spiro atoms. The molecular formula is C18H18N2O3S. The Morgan fingerprint density at radius 3 is 2.96 bits per heavy atom. The highest BCUT2D eigenvalue weighted by atomic mass is 32.1. The Labute approximate surface area is 143 Å². The van der Waals surface area contributed by atoms with E-state index in [1.165, 1.54) is 15.8 Å². The molecule has 24 heavy (non-hydrogen) atoms. The van der Waals surface area contributed by atoms with Crippen LogP contribution in [0, 0.1) is 0 Å². The minimum absolute atomic E-state index is 0.0573. The molecule has 1 aromatic carbocycles. The van der Waals surface area contributed by atoms with E-state index >= 15 is 0 Å². The second-order valence-corrected chi connectivity index (χ2v) is 7.10. The van der Waals surface area contributed by atoms with Crippen molar-refractivity contribution in [1.29, 1.82) is 0 Å². The van der Waals surface area contributed by atoms with Crippen molar-refractivity contribution in [3.05, 3.63) is 57.5 Å². The van der Waals surface area contributed by atoms with Crippen LogP contribution < -0.4 is 10.3 Å². The molecule has 6 heteroatoms. The number of fused-ring (bicyclic) bond motifs is 3. The lowest BCUT2D eigenvalue weighted by atomic mass is 10.2. The summed E-state index contributed by atoms with van der Waals surface area (Å²) in [5.41, 5.74) is 1.11. The molecule has 124 valence electrons. The van der Waals surface area contributed by atoms with Gasteiger partial charge in [-0.15, -0.1) is 11.3 Å². The molecule has 0 aliphatic heterocycles. The molecule has 0 saturated carbocycles. The molecule has 5 nitrogen and oxygen atoms in total. The van der Waals surface area contributed by atoms with Gasteiger partial charge in [0.05, 0.1) is 18.3 Å². The summed E-state index contributed by atoms with van der Waals surface area (Å²) in [5.74, 6) is 0.702. The van der Waals surface area contributed by atoms with Crippen LogP contribution in [0.1, 0.15) is 16.9 Å². The van der Waals surface area contributed by atoms with Crippen LogP contribution in [0.5, 0.6) is 5.75 Å². The third-order valence-corrected chi connectivity index (χ3v) is 5.48. The molecule has 0 radical (unpaired) electrons. The van der Waals surface area contributed by atoms with Gasteiger partial charge in [-0.2, -0.15) is 0 Å². The Morgan fingerprint density at radius 2 is 2.12 bits per heavy atom. The maximum atomic E-state index is 12.7. The number of para-hydroxylation sites is 1. The summed E-state index contributed by atoms with van der Waals surface area (Å²) in [6.45, 7) is 0.315. The van der Waals surface area contributed by atoms with Gasteiger partial charge in [0.15, 0.2) is 0 Å². The minimum atomic E-state index is -0.770. The lowest BCUT2D eigenvalue weighted by Crippen LogP contribution is -2.30. The first-order valence-electron chi connectivity index (χ1n) is 8.08. The first-order valence-corrected chi connectivity index (χ1v) is 8.89. The Balaban J connectivity index is 1.52. The number of aliphatic hydroxyl groups is 1. The number of aliphatic hydroxyl groups excluding tert-OH is 1. The predicted octanol–water partition coefficient (Wildman–Crippen LogP) is 2.39. The maximum absolute atomic E-state index is 12.7. The number of hydrogen-bond acceptors (Lipinski definition) is 5. The van der Waals surface area contributed by atoms with E-state index in [-0.39, 0.29) is 18.7 Å². The van der Waals surface area contributed by atoms with Crippen LogP contribution in [0.2, 0.25) is 0 Å². The standard InChI is InChI=1S/C18H18N2O3S/c21-12(10-23-13-5-2-1-3-6-13)9-20-11-19-17-16(18(20)22)14-7-4-8-15(14)24-17/h1-3,5-6,11-12,21H,4,7-10H2/t12-/m0/s1. The second kappa shape index (κ2) is 6.37. The summed E-state index contributed by atoms with van der Waals surface area (Å²) in [6.07, 6.45) is 3.87. The normalized spacial score (nSPS) is 14.7. The Kier molecular flexibility index (Phi) is 4.08. The average Bonchev–Trinajstić information content (AvgIpc) is 3.17. The fraction of sp³-hybridized carbons (Fsp3) is 0.333. The van der Waals surface area contributed by atoms with Crippen molar-refractivity contribution >= 4 is 21.6 Å². The highest BCUT2D eigenvalue weighted by Crippen LogP contribution is 2.34. The second-order valence-electron chi connectivity index (χ2n) is 6.02. The highest BCUT2D eigenvalue weighted by molar-refractivity contribution is 7.18. The van der Waals surface area contributed by atoms with Gasteiger partial charge in [0, 0.05) is 4.88 Å². The van der Waals surface area contributed by atoms with Crippen LogP contribution in [0.25, 0.3) is 10.2 Å². The molecular weight excluding hydrogens is 324 g/mol.